The smallest absolute Gasteiger partial charge is 0.270 e. The van der Waals surface area contributed by atoms with E-state index in [9.17, 15) is 4.79 Å². The van der Waals surface area contributed by atoms with Gasteiger partial charge >= 0.3 is 0 Å². The molecule has 1 amide bonds. The summed E-state index contributed by atoms with van der Waals surface area (Å²) in [5, 5.41) is 0. The van der Waals surface area contributed by atoms with Crippen molar-refractivity contribution in [2.24, 2.45) is 0 Å². The average Bonchev–Trinajstić information content (AvgIpc) is 2.52. The summed E-state index contributed by atoms with van der Waals surface area (Å²) in [6.45, 7) is 6.65. The predicted molar refractivity (Wildman–Crippen MR) is 57.1 cm³/mol. The number of rotatable bonds is 3. The highest BCUT2D eigenvalue weighted by Crippen LogP contribution is 2.10. The standard InChI is InChI=1S/C10H17N3O/c1-4-13(7(2)3)10(14)9-5-8(11)6-12-9/h5-7,12H,4,11H2,1-3H3. The largest absolute Gasteiger partial charge is 0.397 e. The van der Waals surface area contributed by atoms with Crippen LogP contribution in [0.15, 0.2) is 12.3 Å². The summed E-state index contributed by atoms with van der Waals surface area (Å²) in [4.78, 5) is 16.5. The zero-order chi connectivity index (χ0) is 10.7. The summed E-state index contributed by atoms with van der Waals surface area (Å²) in [7, 11) is 0. The van der Waals surface area contributed by atoms with E-state index in [2.05, 4.69) is 4.98 Å². The van der Waals surface area contributed by atoms with Crippen molar-refractivity contribution >= 4 is 11.6 Å². The van der Waals surface area contributed by atoms with E-state index in [1.165, 1.54) is 0 Å². The van der Waals surface area contributed by atoms with E-state index in [0.29, 0.717) is 17.9 Å². The van der Waals surface area contributed by atoms with Crippen molar-refractivity contribution in [2.45, 2.75) is 26.8 Å². The van der Waals surface area contributed by atoms with Crippen LogP contribution in [-0.2, 0) is 0 Å². The molecule has 1 heterocycles. The first-order chi connectivity index (χ1) is 6.56. The molecule has 0 aliphatic carbocycles. The Balaban J connectivity index is 2.83. The lowest BCUT2D eigenvalue weighted by Gasteiger charge is -2.24. The minimum Gasteiger partial charge on any atom is -0.397 e. The Hall–Kier alpha value is -1.45. The zero-order valence-corrected chi connectivity index (χ0v) is 8.87. The number of hydrogen-bond donors (Lipinski definition) is 2. The number of aromatic nitrogens is 1. The van der Waals surface area contributed by atoms with Gasteiger partial charge in [-0.15, -0.1) is 0 Å². The van der Waals surface area contributed by atoms with E-state index in [1.807, 2.05) is 20.8 Å². The molecule has 0 unspecified atom stereocenters. The molecule has 0 saturated heterocycles. The number of nitrogens with two attached hydrogens (primary N) is 1. The Morgan fingerprint density at radius 1 is 1.64 bits per heavy atom. The van der Waals surface area contributed by atoms with E-state index in [1.54, 1.807) is 17.2 Å². The van der Waals surface area contributed by atoms with Crippen LogP contribution in [-0.4, -0.2) is 28.4 Å². The Labute approximate surface area is 84.1 Å². The number of nitrogen functional groups attached to an aromatic ring is 1. The molecule has 0 saturated carbocycles. The first kappa shape index (κ1) is 10.6. The lowest BCUT2D eigenvalue weighted by Crippen LogP contribution is -2.36. The Kier molecular flexibility index (Phi) is 3.17. The van der Waals surface area contributed by atoms with E-state index in [-0.39, 0.29) is 11.9 Å². The first-order valence-corrected chi connectivity index (χ1v) is 4.81. The Morgan fingerprint density at radius 2 is 2.29 bits per heavy atom. The van der Waals surface area contributed by atoms with Gasteiger partial charge in [0.1, 0.15) is 5.69 Å². The molecule has 0 fully saturated rings. The van der Waals surface area contributed by atoms with Gasteiger partial charge in [-0.1, -0.05) is 0 Å². The van der Waals surface area contributed by atoms with Gasteiger partial charge in [0.25, 0.3) is 5.91 Å². The summed E-state index contributed by atoms with van der Waals surface area (Å²) in [5.74, 6) is -0.000741. The molecule has 0 bridgehead atoms. The number of aromatic amines is 1. The van der Waals surface area contributed by atoms with Gasteiger partial charge in [-0.05, 0) is 26.8 Å². The van der Waals surface area contributed by atoms with E-state index >= 15 is 0 Å². The lowest BCUT2D eigenvalue weighted by atomic mass is 10.2. The van der Waals surface area contributed by atoms with Crippen LogP contribution in [0, 0.1) is 0 Å². The van der Waals surface area contributed by atoms with Gasteiger partial charge in [0.05, 0.1) is 0 Å². The number of H-pyrrole nitrogens is 1. The number of carbonyl (C=O) groups is 1. The molecule has 0 aliphatic heterocycles. The Bertz CT molecular complexity index is 317. The molecular formula is C10H17N3O. The minimum absolute atomic E-state index is 0.000741. The highest BCUT2D eigenvalue weighted by molar-refractivity contribution is 5.93. The third-order valence-corrected chi connectivity index (χ3v) is 2.16. The van der Waals surface area contributed by atoms with Crippen molar-refractivity contribution in [3.63, 3.8) is 0 Å². The molecule has 0 aromatic carbocycles. The maximum atomic E-state index is 11.9. The third kappa shape index (κ3) is 2.07. The second kappa shape index (κ2) is 4.17. The molecule has 1 rings (SSSR count). The summed E-state index contributed by atoms with van der Waals surface area (Å²) < 4.78 is 0. The third-order valence-electron chi connectivity index (χ3n) is 2.16. The first-order valence-electron chi connectivity index (χ1n) is 4.81. The number of nitrogens with zero attached hydrogens (tertiary/aromatic N) is 1. The van der Waals surface area contributed by atoms with E-state index < -0.39 is 0 Å². The normalized spacial score (nSPS) is 10.6. The van der Waals surface area contributed by atoms with Crippen molar-refractivity contribution in [3.8, 4) is 0 Å². The van der Waals surface area contributed by atoms with Gasteiger partial charge < -0.3 is 15.6 Å². The quantitative estimate of drug-likeness (QED) is 0.767. The lowest BCUT2D eigenvalue weighted by molar-refractivity contribution is 0.0711. The minimum atomic E-state index is -0.000741. The predicted octanol–water partition coefficient (Wildman–Crippen LogP) is 1.47. The molecule has 78 valence electrons. The number of anilines is 1. The molecule has 0 aliphatic rings. The van der Waals surface area contributed by atoms with Crippen LogP contribution in [0.25, 0.3) is 0 Å². The number of hydrogen-bond acceptors (Lipinski definition) is 2. The fourth-order valence-corrected chi connectivity index (χ4v) is 1.43. The van der Waals surface area contributed by atoms with Gasteiger partial charge in [-0.3, -0.25) is 4.79 Å². The topological polar surface area (TPSA) is 62.1 Å². The van der Waals surface area contributed by atoms with Crippen LogP contribution >= 0.6 is 0 Å². The number of carbonyl (C=O) groups excluding carboxylic acids is 1. The summed E-state index contributed by atoms with van der Waals surface area (Å²) in [5.41, 5.74) is 6.68. The molecule has 4 heteroatoms. The van der Waals surface area contributed by atoms with Crippen LogP contribution < -0.4 is 5.73 Å². The highest BCUT2D eigenvalue weighted by Gasteiger charge is 2.17. The molecule has 4 nitrogen and oxygen atoms in total. The van der Waals surface area contributed by atoms with Gasteiger partial charge in [-0.2, -0.15) is 0 Å². The van der Waals surface area contributed by atoms with Crippen LogP contribution in [0.3, 0.4) is 0 Å². The maximum Gasteiger partial charge on any atom is 0.270 e. The van der Waals surface area contributed by atoms with E-state index in [0.717, 1.165) is 0 Å². The second-order valence-electron chi connectivity index (χ2n) is 3.53. The van der Waals surface area contributed by atoms with Crippen molar-refractivity contribution < 1.29 is 4.79 Å². The molecular weight excluding hydrogens is 178 g/mol. The van der Waals surface area contributed by atoms with Crippen LogP contribution in [0.1, 0.15) is 31.3 Å². The molecule has 0 spiro atoms. The van der Waals surface area contributed by atoms with Crippen molar-refractivity contribution in [1.82, 2.24) is 9.88 Å². The summed E-state index contributed by atoms with van der Waals surface area (Å²) >= 11 is 0. The van der Waals surface area contributed by atoms with Gasteiger partial charge in [0.2, 0.25) is 0 Å². The molecule has 0 atom stereocenters. The van der Waals surface area contributed by atoms with Crippen LogP contribution in [0.4, 0.5) is 5.69 Å². The average molecular weight is 195 g/mol. The zero-order valence-electron chi connectivity index (χ0n) is 8.87. The fraction of sp³-hybridized carbons (Fsp3) is 0.500. The van der Waals surface area contributed by atoms with Gasteiger partial charge in [0.15, 0.2) is 0 Å². The summed E-state index contributed by atoms with van der Waals surface area (Å²) in [6.07, 6.45) is 1.63. The van der Waals surface area contributed by atoms with Crippen molar-refractivity contribution in [2.75, 3.05) is 12.3 Å². The monoisotopic (exact) mass is 195 g/mol. The maximum absolute atomic E-state index is 11.9. The van der Waals surface area contributed by atoms with Gasteiger partial charge in [0, 0.05) is 24.5 Å². The van der Waals surface area contributed by atoms with Gasteiger partial charge in [-0.25, -0.2) is 0 Å². The Morgan fingerprint density at radius 3 is 2.64 bits per heavy atom. The molecule has 14 heavy (non-hydrogen) atoms. The summed E-state index contributed by atoms with van der Waals surface area (Å²) in [6, 6.07) is 1.87. The molecule has 1 aromatic heterocycles. The molecule has 1 aromatic rings. The van der Waals surface area contributed by atoms with Crippen molar-refractivity contribution in [3.05, 3.63) is 18.0 Å². The number of nitrogens with one attached hydrogen (secondary N) is 1. The SMILES string of the molecule is CCN(C(=O)c1cc(N)c[nH]1)C(C)C. The van der Waals surface area contributed by atoms with E-state index in [4.69, 9.17) is 5.73 Å². The molecule has 3 N–H and O–H groups in total. The second-order valence-corrected chi connectivity index (χ2v) is 3.53. The van der Waals surface area contributed by atoms with Crippen LogP contribution in [0.5, 0.6) is 0 Å². The number of amides is 1. The van der Waals surface area contributed by atoms with Crippen molar-refractivity contribution in [1.29, 1.82) is 0 Å². The highest BCUT2D eigenvalue weighted by atomic mass is 16.2. The van der Waals surface area contributed by atoms with Crippen LogP contribution in [0.2, 0.25) is 0 Å². The fourth-order valence-electron chi connectivity index (χ4n) is 1.43. The molecule has 0 radical (unpaired) electrons.